The van der Waals surface area contributed by atoms with Crippen LogP contribution in [0.1, 0.15) is 30.0 Å². The smallest absolute Gasteiger partial charge is 0.213 e. The van der Waals surface area contributed by atoms with Gasteiger partial charge in [-0.05, 0) is 38.1 Å². The van der Waals surface area contributed by atoms with Gasteiger partial charge < -0.3 is 14.5 Å². The van der Waals surface area contributed by atoms with Gasteiger partial charge >= 0.3 is 0 Å². The molecular weight excluding hydrogens is 288 g/mol. The first-order valence-corrected chi connectivity index (χ1v) is 8.16. The first kappa shape index (κ1) is 14.3. The van der Waals surface area contributed by atoms with Gasteiger partial charge in [-0.2, -0.15) is 0 Å². The van der Waals surface area contributed by atoms with E-state index in [0.29, 0.717) is 18.4 Å². The summed E-state index contributed by atoms with van der Waals surface area (Å²) in [5.74, 6) is 1.22. The highest BCUT2D eigenvalue weighted by Gasteiger charge is 2.17. The minimum absolute atomic E-state index is 0.472. The number of nitrogens with one attached hydrogen (secondary N) is 1. The first-order chi connectivity index (χ1) is 11.4. The van der Waals surface area contributed by atoms with Gasteiger partial charge in [0, 0.05) is 28.6 Å². The summed E-state index contributed by atoms with van der Waals surface area (Å²) in [6.45, 7) is 2.61. The van der Waals surface area contributed by atoms with Gasteiger partial charge in [-0.15, -0.1) is 0 Å². The Labute approximate surface area is 135 Å². The molecule has 118 valence electrons. The van der Waals surface area contributed by atoms with Crippen molar-refractivity contribution in [3.8, 4) is 5.88 Å². The molecule has 3 heterocycles. The summed E-state index contributed by atoms with van der Waals surface area (Å²) >= 11 is 0. The number of aromatic nitrogens is 1. The number of nitrogens with zero attached hydrogens (tertiary/aromatic N) is 1. The van der Waals surface area contributed by atoms with E-state index in [1.807, 2.05) is 30.3 Å². The lowest BCUT2D eigenvalue weighted by Crippen LogP contribution is -2.27. The van der Waals surface area contributed by atoms with Gasteiger partial charge in [-0.1, -0.05) is 24.3 Å². The molecule has 0 atom stereocenters. The fourth-order valence-electron chi connectivity index (χ4n) is 3.15. The Hall–Kier alpha value is -2.33. The van der Waals surface area contributed by atoms with Crippen LogP contribution in [0.25, 0.3) is 11.0 Å². The Bertz CT molecular complexity index is 791. The van der Waals surface area contributed by atoms with Crippen LogP contribution in [0.4, 0.5) is 0 Å². The molecule has 4 rings (SSSR count). The quantitative estimate of drug-likeness (QED) is 0.794. The van der Waals surface area contributed by atoms with Crippen LogP contribution < -0.4 is 10.1 Å². The Morgan fingerprint density at radius 2 is 1.96 bits per heavy atom. The molecule has 1 aliphatic heterocycles. The SMILES string of the molecule is c1cc(OCc2coc3ccccc23)nc(C2CCNCC2)c1. The van der Waals surface area contributed by atoms with Gasteiger partial charge in [0.1, 0.15) is 12.2 Å². The molecule has 1 fully saturated rings. The molecule has 1 aliphatic rings. The van der Waals surface area contributed by atoms with Gasteiger partial charge in [0.25, 0.3) is 0 Å². The fourth-order valence-corrected chi connectivity index (χ4v) is 3.15. The van der Waals surface area contributed by atoms with Crippen LogP contribution in [0.2, 0.25) is 0 Å². The average molecular weight is 308 g/mol. The Kier molecular flexibility index (Phi) is 3.99. The third-order valence-corrected chi connectivity index (χ3v) is 4.44. The van der Waals surface area contributed by atoms with Gasteiger partial charge in [0.05, 0.1) is 6.26 Å². The molecule has 0 saturated carbocycles. The van der Waals surface area contributed by atoms with Crippen molar-refractivity contribution in [2.75, 3.05) is 13.1 Å². The van der Waals surface area contributed by atoms with Crippen LogP contribution in [-0.4, -0.2) is 18.1 Å². The molecule has 0 amide bonds. The molecule has 4 heteroatoms. The van der Waals surface area contributed by atoms with Crippen molar-refractivity contribution in [3.63, 3.8) is 0 Å². The van der Waals surface area contributed by atoms with Gasteiger partial charge in [-0.25, -0.2) is 4.98 Å². The molecular formula is C19H20N2O2. The molecule has 0 radical (unpaired) electrons. The van der Waals surface area contributed by atoms with Crippen LogP contribution in [-0.2, 0) is 6.61 Å². The summed E-state index contributed by atoms with van der Waals surface area (Å²) < 4.78 is 11.5. The summed E-state index contributed by atoms with van der Waals surface area (Å²) in [7, 11) is 0. The van der Waals surface area contributed by atoms with Crippen LogP contribution in [0, 0.1) is 0 Å². The summed E-state index contributed by atoms with van der Waals surface area (Å²) in [6, 6.07) is 14.1. The van der Waals surface area contributed by atoms with Crippen molar-refractivity contribution in [2.45, 2.75) is 25.4 Å². The largest absolute Gasteiger partial charge is 0.473 e. The Balaban J connectivity index is 1.48. The minimum Gasteiger partial charge on any atom is -0.473 e. The number of hydrogen-bond acceptors (Lipinski definition) is 4. The molecule has 1 saturated heterocycles. The fraction of sp³-hybridized carbons (Fsp3) is 0.316. The molecule has 2 aromatic heterocycles. The Morgan fingerprint density at radius 3 is 2.87 bits per heavy atom. The monoisotopic (exact) mass is 308 g/mol. The predicted octanol–water partition coefficient (Wildman–Crippen LogP) is 3.87. The zero-order chi connectivity index (χ0) is 15.5. The molecule has 3 aromatic rings. The van der Waals surface area contributed by atoms with E-state index in [9.17, 15) is 0 Å². The van der Waals surface area contributed by atoms with Crippen molar-refractivity contribution < 1.29 is 9.15 Å². The number of hydrogen-bond donors (Lipinski definition) is 1. The van der Waals surface area contributed by atoms with E-state index in [2.05, 4.69) is 17.4 Å². The maximum Gasteiger partial charge on any atom is 0.213 e. The second-order valence-corrected chi connectivity index (χ2v) is 5.97. The highest BCUT2D eigenvalue weighted by Crippen LogP contribution is 2.26. The number of furan rings is 1. The summed E-state index contributed by atoms with van der Waals surface area (Å²) in [6.07, 6.45) is 4.05. The molecule has 0 bridgehead atoms. The topological polar surface area (TPSA) is 47.3 Å². The lowest BCUT2D eigenvalue weighted by atomic mass is 9.94. The standard InChI is InChI=1S/C19H20N2O2/c1-2-6-18-16(4-1)15(12-22-18)13-23-19-7-3-5-17(21-19)14-8-10-20-11-9-14/h1-7,12,14,20H,8-11,13H2. The Morgan fingerprint density at radius 1 is 1.09 bits per heavy atom. The molecule has 0 aliphatic carbocycles. The second-order valence-electron chi connectivity index (χ2n) is 5.97. The number of benzene rings is 1. The van der Waals surface area contributed by atoms with Crippen molar-refractivity contribution in [1.29, 1.82) is 0 Å². The van der Waals surface area contributed by atoms with Gasteiger partial charge in [0.2, 0.25) is 5.88 Å². The van der Waals surface area contributed by atoms with Crippen LogP contribution in [0.3, 0.4) is 0 Å². The number of ether oxygens (including phenoxy) is 1. The summed E-state index contributed by atoms with van der Waals surface area (Å²) in [4.78, 5) is 4.70. The number of rotatable bonds is 4. The molecule has 0 spiro atoms. The molecule has 23 heavy (non-hydrogen) atoms. The molecule has 0 unspecified atom stereocenters. The van der Waals surface area contributed by atoms with E-state index in [1.54, 1.807) is 6.26 Å². The average Bonchev–Trinajstić information content (AvgIpc) is 3.04. The first-order valence-electron chi connectivity index (χ1n) is 8.16. The second kappa shape index (κ2) is 6.42. The normalized spacial score (nSPS) is 15.8. The van der Waals surface area contributed by atoms with E-state index in [4.69, 9.17) is 14.1 Å². The van der Waals surface area contributed by atoms with Crippen LogP contribution in [0.5, 0.6) is 5.88 Å². The zero-order valence-electron chi connectivity index (χ0n) is 13.0. The maximum atomic E-state index is 5.90. The third kappa shape index (κ3) is 3.08. The van der Waals surface area contributed by atoms with Gasteiger partial charge in [0.15, 0.2) is 0 Å². The lowest BCUT2D eigenvalue weighted by Gasteiger charge is -2.22. The van der Waals surface area contributed by atoms with E-state index >= 15 is 0 Å². The highest BCUT2D eigenvalue weighted by molar-refractivity contribution is 5.80. The highest BCUT2D eigenvalue weighted by atomic mass is 16.5. The molecule has 4 nitrogen and oxygen atoms in total. The van der Waals surface area contributed by atoms with E-state index < -0.39 is 0 Å². The third-order valence-electron chi connectivity index (χ3n) is 4.44. The van der Waals surface area contributed by atoms with Crippen molar-refractivity contribution >= 4 is 11.0 Å². The van der Waals surface area contributed by atoms with Crippen molar-refractivity contribution in [2.24, 2.45) is 0 Å². The van der Waals surface area contributed by atoms with Gasteiger partial charge in [-0.3, -0.25) is 0 Å². The number of piperidine rings is 1. The predicted molar refractivity (Wildman–Crippen MR) is 89.6 cm³/mol. The van der Waals surface area contributed by atoms with Crippen LogP contribution in [0.15, 0.2) is 53.1 Å². The number of fused-ring (bicyclic) bond motifs is 1. The lowest BCUT2D eigenvalue weighted by molar-refractivity contribution is 0.291. The van der Waals surface area contributed by atoms with Crippen molar-refractivity contribution in [3.05, 3.63) is 60.0 Å². The van der Waals surface area contributed by atoms with E-state index in [0.717, 1.165) is 48.2 Å². The minimum atomic E-state index is 0.472. The van der Waals surface area contributed by atoms with Crippen molar-refractivity contribution in [1.82, 2.24) is 10.3 Å². The van der Waals surface area contributed by atoms with Crippen LogP contribution >= 0.6 is 0 Å². The summed E-state index contributed by atoms with van der Waals surface area (Å²) in [5.41, 5.74) is 3.08. The number of pyridine rings is 1. The molecule has 1 N–H and O–H groups in total. The maximum absolute atomic E-state index is 5.90. The molecule has 1 aromatic carbocycles. The van der Waals surface area contributed by atoms with E-state index in [1.165, 1.54) is 0 Å². The number of para-hydroxylation sites is 1. The zero-order valence-corrected chi connectivity index (χ0v) is 13.0. The summed E-state index contributed by atoms with van der Waals surface area (Å²) in [5, 5.41) is 4.49. The van der Waals surface area contributed by atoms with E-state index in [-0.39, 0.29) is 0 Å².